The number of aromatic amines is 2. The summed E-state index contributed by atoms with van der Waals surface area (Å²) in [6, 6.07) is 7.78. The van der Waals surface area contributed by atoms with E-state index in [-0.39, 0.29) is 45.2 Å². The van der Waals surface area contributed by atoms with Gasteiger partial charge in [0.25, 0.3) is 0 Å². The minimum atomic E-state index is -1.15. The molecular weight excluding hydrogens is 594 g/mol. The third-order valence-corrected chi connectivity index (χ3v) is 8.20. The number of nitrogens with one attached hydrogen (secondary N) is 2. The Balaban J connectivity index is 0.00000423. The van der Waals surface area contributed by atoms with Gasteiger partial charge in [0.2, 0.25) is 0 Å². The van der Waals surface area contributed by atoms with Crippen molar-refractivity contribution in [3.8, 4) is 0 Å². The molecule has 43 heavy (non-hydrogen) atoms. The van der Waals surface area contributed by atoms with Crippen molar-refractivity contribution < 1.29 is 39.3 Å². The summed E-state index contributed by atoms with van der Waals surface area (Å²) in [5.41, 5.74) is 13.3. The predicted molar refractivity (Wildman–Crippen MR) is 164 cm³/mol. The van der Waals surface area contributed by atoms with Gasteiger partial charge in [0.15, 0.2) is 0 Å². The van der Waals surface area contributed by atoms with Crippen LogP contribution in [0, 0.1) is 13.8 Å². The third-order valence-electron chi connectivity index (χ3n) is 8.20. The Morgan fingerprint density at radius 1 is 0.674 bits per heavy atom. The first-order valence-electron chi connectivity index (χ1n) is 13.8. The molecule has 0 aromatic carbocycles. The molecule has 0 fully saturated rings. The number of nitrogens with zero attached hydrogens (tertiary/aromatic N) is 2. The van der Waals surface area contributed by atoms with Crippen LogP contribution >= 0.6 is 0 Å². The van der Waals surface area contributed by atoms with E-state index in [4.69, 9.17) is 9.97 Å². The molecule has 0 radical (unpaired) electrons. The van der Waals surface area contributed by atoms with Crippen molar-refractivity contribution in [2.75, 3.05) is 0 Å². The second-order valence-electron chi connectivity index (χ2n) is 10.7. The van der Waals surface area contributed by atoms with Crippen LogP contribution in [0.4, 0.5) is 0 Å². The number of aryl methyl sites for hydroxylation is 2. The minimum Gasteiger partial charge on any atom is -0.550 e. The number of aliphatic carboxylic acids is 2. The number of carboxylic acids is 2. The molecule has 0 amide bonds. The Morgan fingerprint density at radius 2 is 1.07 bits per heavy atom. The summed E-state index contributed by atoms with van der Waals surface area (Å²) in [5, 5.41) is 22.8. The molecular formula is C34H32N4O4Zn. The Labute approximate surface area is 262 Å². The van der Waals surface area contributed by atoms with Gasteiger partial charge in [0, 0.05) is 45.1 Å². The zero-order chi connectivity index (χ0) is 30.3. The smallest absolute Gasteiger partial charge is 0.550 e. The molecule has 2 aliphatic heterocycles. The molecule has 2 aliphatic rings. The van der Waals surface area contributed by atoms with E-state index in [0.717, 1.165) is 66.6 Å². The number of hydrogen-bond donors (Lipinski definition) is 2. The molecule has 9 heteroatoms. The molecule has 0 saturated carbocycles. The maximum absolute atomic E-state index is 11.4. The fourth-order valence-electron chi connectivity index (χ4n) is 5.76. The average molecular weight is 626 g/mol. The van der Waals surface area contributed by atoms with E-state index in [9.17, 15) is 19.8 Å². The summed E-state index contributed by atoms with van der Waals surface area (Å²) >= 11 is 0. The predicted octanol–water partition coefficient (Wildman–Crippen LogP) is 5.14. The van der Waals surface area contributed by atoms with Crippen molar-refractivity contribution >= 4 is 68.4 Å². The number of H-pyrrole nitrogens is 2. The first kappa shape index (κ1) is 31.6. The number of carboxylic acid groups (broad SMARTS) is 2. The number of allylic oxidation sites excluding steroid dienone is 4. The van der Waals surface area contributed by atoms with Gasteiger partial charge in [-0.05, 0) is 111 Å². The van der Waals surface area contributed by atoms with Gasteiger partial charge >= 0.3 is 19.5 Å². The fourth-order valence-corrected chi connectivity index (χ4v) is 5.76. The number of aromatic nitrogens is 4. The van der Waals surface area contributed by atoms with Crippen molar-refractivity contribution in [1.82, 2.24) is 19.9 Å². The van der Waals surface area contributed by atoms with Gasteiger partial charge in [-0.1, -0.05) is 25.3 Å². The molecule has 2 N–H and O–H groups in total. The SMILES string of the molecule is C=Cc1c(C)c2cc3[nH]c(cc4nc(cc5nc(cc1[nH]2)C(C)=C5CCC(=O)[O-])C(CCC(=O)[O-])=C4C)c(C)c3C=C.[Zn+2]. The largest absolute Gasteiger partial charge is 2.00 e. The van der Waals surface area contributed by atoms with E-state index in [0.29, 0.717) is 22.8 Å². The summed E-state index contributed by atoms with van der Waals surface area (Å²) in [7, 11) is 0. The average Bonchev–Trinajstić information content (AvgIpc) is 3.59. The molecule has 0 aliphatic carbocycles. The number of carbonyl (C=O) groups is 2. The first-order valence-corrected chi connectivity index (χ1v) is 13.8. The molecule has 0 spiro atoms. The molecule has 3 aromatic heterocycles. The van der Waals surface area contributed by atoms with Gasteiger partial charge in [0.1, 0.15) is 0 Å². The number of hydrogen-bond acceptors (Lipinski definition) is 6. The molecule has 5 heterocycles. The zero-order valence-electron chi connectivity index (χ0n) is 24.9. The second-order valence-corrected chi connectivity index (χ2v) is 10.7. The molecule has 8 nitrogen and oxygen atoms in total. The Kier molecular flexibility index (Phi) is 9.16. The first-order chi connectivity index (χ1) is 20.0. The number of rotatable bonds is 8. The molecule has 214 valence electrons. The normalized spacial score (nSPS) is 12.7. The molecule has 0 saturated heterocycles. The third kappa shape index (κ3) is 5.95. The van der Waals surface area contributed by atoms with Gasteiger partial charge in [-0.2, -0.15) is 0 Å². The van der Waals surface area contributed by atoms with E-state index in [1.165, 1.54) is 0 Å². The van der Waals surface area contributed by atoms with Crippen LogP contribution in [0.3, 0.4) is 0 Å². The quantitative estimate of drug-likeness (QED) is 0.333. The fraction of sp³-hybridized carbons (Fsp3) is 0.235. The zero-order valence-corrected chi connectivity index (χ0v) is 27.9. The van der Waals surface area contributed by atoms with Crippen molar-refractivity contribution in [3.05, 3.63) is 82.5 Å². The standard InChI is InChI=1S/C34H34N4O4.Zn/c1-7-21-17(3)25-13-26-19(5)23(9-11-33(39)40)31(37-26)16-32-24(10-12-34(41)42)20(6)28(38-32)15-30-22(8-2)18(4)27(36-30)14-29(21)35-25;/h7-8,13-16,35-36H,1-2,9-12H2,3-6H3,(H,39,40)(H,41,42);/q;+2/p-2. The van der Waals surface area contributed by atoms with Gasteiger partial charge in [-0.15, -0.1) is 0 Å². The number of fused-ring (bicyclic) bond motifs is 8. The van der Waals surface area contributed by atoms with Crippen LogP contribution in [-0.4, -0.2) is 31.9 Å². The van der Waals surface area contributed by atoms with Gasteiger partial charge in [-0.25, -0.2) is 9.97 Å². The monoisotopic (exact) mass is 624 g/mol. The van der Waals surface area contributed by atoms with Crippen LogP contribution in [0.25, 0.3) is 56.5 Å². The van der Waals surface area contributed by atoms with E-state index in [1.807, 2.05) is 58.0 Å². The van der Waals surface area contributed by atoms with Crippen LogP contribution in [0.15, 0.2) is 37.4 Å². The molecule has 5 rings (SSSR count). The van der Waals surface area contributed by atoms with Gasteiger partial charge in [0.05, 0.1) is 22.8 Å². The molecule has 3 aromatic rings. The Hall–Kier alpha value is -4.36. The van der Waals surface area contributed by atoms with Crippen molar-refractivity contribution in [1.29, 1.82) is 0 Å². The van der Waals surface area contributed by atoms with E-state index < -0.39 is 11.9 Å². The summed E-state index contributed by atoms with van der Waals surface area (Å²) in [4.78, 5) is 39.7. The second kappa shape index (κ2) is 12.5. The maximum Gasteiger partial charge on any atom is 2.00 e. The van der Waals surface area contributed by atoms with Crippen LogP contribution in [0.2, 0.25) is 0 Å². The Bertz CT molecular complexity index is 1920. The van der Waals surface area contributed by atoms with Crippen molar-refractivity contribution in [2.24, 2.45) is 0 Å². The van der Waals surface area contributed by atoms with E-state index in [2.05, 4.69) is 23.1 Å². The van der Waals surface area contributed by atoms with E-state index in [1.54, 1.807) is 6.08 Å². The minimum absolute atomic E-state index is 0. The summed E-state index contributed by atoms with van der Waals surface area (Å²) in [6.07, 6.45) is 3.79. The summed E-state index contributed by atoms with van der Waals surface area (Å²) in [6.45, 7) is 16.0. The molecule has 8 bridgehead atoms. The van der Waals surface area contributed by atoms with Crippen molar-refractivity contribution in [2.45, 2.75) is 53.4 Å². The maximum atomic E-state index is 11.4. The van der Waals surface area contributed by atoms with E-state index >= 15 is 0 Å². The van der Waals surface area contributed by atoms with Crippen LogP contribution < -0.4 is 10.2 Å². The van der Waals surface area contributed by atoms with Crippen LogP contribution in [0.5, 0.6) is 0 Å². The van der Waals surface area contributed by atoms with Crippen LogP contribution in [-0.2, 0) is 29.1 Å². The van der Waals surface area contributed by atoms with Gasteiger partial charge < -0.3 is 29.8 Å². The molecule has 0 unspecified atom stereocenters. The Morgan fingerprint density at radius 3 is 1.49 bits per heavy atom. The summed E-state index contributed by atoms with van der Waals surface area (Å²) < 4.78 is 0. The van der Waals surface area contributed by atoms with Crippen LogP contribution in [0.1, 0.15) is 84.6 Å². The number of carbonyl (C=O) groups excluding carboxylic acids is 2. The van der Waals surface area contributed by atoms with Crippen molar-refractivity contribution in [3.63, 3.8) is 0 Å². The molecule has 0 atom stereocenters. The topological polar surface area (TPSA) is 138 Å². The van der Waals surface area contributed by atoms with Gasteiger partial charge in [-0.3, -0.25) is 0 Å². The summed E-state index contributed by atoms with van der Waals surface area (Å²) in [5.74, 6) is -2.29.